The second-order valence-corrected chi connectivity index (χ2v) is 5.80. The van der Waals surface area contributed by atoms with Gasteiger partial charge in [0.1, 0.15) is 0 Å². The average molecular weight is 308 g/mol. The van der Waals surface area contributed by atoms with Crippen molar-refractivity contribution in [2.45, 2.75) is 46.0 Å². The molecular formula is C21H24O2. The van der Waals surface area contributed by atoms with Crippen molar-refractivity contribution in [3.8, 4) is 0 Å². The van der Waals surface area contributed by atoms with E-state index in [9.17, 15) is 9.59 Å². The van der Waals surface area contributed by atoms with Crippen LogP contribution in [0.25, 0.3) is 0 Å². The number of benzene rings is 2. The molecule has 0 saturated carbocycles. The summed E-state index contributed by atoms with van der Waals surface area (Å²) in [6, 6.07) is 15.5. The summed E-state index contributed by atoms with van der Waals surface area (Å²) in [5.74, 6) is 0.226. The van der Waals surface area contributed by atoms with Crippen LogP contribution in [0.2, 0.25) is 0 Å². The molecule has 0 radical (unpaired) electrons. The third-order valence-corrected chi connectivity index (χ3v) is 4.18. The van der Waals surface area contributed by atoms with Gasteiger partial charge in [0.05, 0.1) is 0 Å². The fourth-order valence-electron chi connectivity index (χ4n) is 2.55. The smallest absolute Gasteiger partial charge is 0.162 e. The van der Waals surface area contributed by atoms with Gasteiger partial charge in [-0.15, -0.1) is 0 Å². The summed E-state index contributed by atoms with van der Waals surface area (Å²) in [5.41, 5.74) is 3.93. The standard InChI is InChI=1S/C21H24O2/c1-3-16-8-12-18(13-9-16)20(22)6-5-7-21(23)19-14-10-17(4-2)11-15-19/h8-15H,3-7H2,1-2H3. The molecule has 0 amide bonds. The Balaban J connectivity index is 1.83. The minimum absolute atomic E-state index is 0.113. The molecule has 2 aromatic carbocycles. The van der Waals surface area contributed by atoms with E-state index in [-0.39, 0.29) is 11.6 Å². The first-order valence-electron chi connectivity index (χ1n) is 8.38. The highest BCUT2D eigenvalue weighted by Crippen LogP contribution is 2.13. The van der Waals surface area contributed by atoms with Crippen molar-refractivity contribution in [3.05, 3.63) is 70.8 Å². The summed E-state index contributed by atoms with van der Waals surface area (Å²) in [7, 11) is 0. The first-order valence-corrected chi connectivity index (χ1v) is 8.38. The van der Waals surface area contributed by atoms with E-state index in [4.69, 9.17) is 0 Å². The lowest BCUT2D eigenvalue weighted by Crippen LogP contribution is -2.03. The molecule has 0 aromatic heterocycles. The Bertz CT molecular complexity index is 592. The third-order valence-electron chi connectivity index (χ3n) is 4.18. The van der Waals surface area contributed by atoms with Crippen molar-refractivity contribution in [2.75, 3.05) is 0 Å². The van der Waals surface area contributed by atoms with E-state index < -0.39 is 0 Å². The lowest BCUT2D eigenvalue weighted by molar-refractivity contribution is 0.0957. The van der Waals surface area contributed by atoms with Crippen molar-refractivity contribution in [1.82, 2.24) is 0 Å². The Morgan fingerprint density at radius 3 is 1.30 bits per heavy atom. The molecule has 0 saturated heterocycles. The molecule has 0 fully saturated rings. The maximum atomic E-state index is 12.1. The van der Waals surface area contributed by atoms with Gasteiger partial charge in [-0.05, 0) is 30.4 Å². The van der Waals surface area contributed by atoms with Gasteiger partial charge in [0.15, 0.2) is 11.6 Å². The van der Waals surface area contributed by atoms with Crippen LogP contribution in [0.15, 0.2) is 48.5 Å². The monoisotopic (exact) mass is 308 g/mol. The number of hydrogen-bond donors (Lipinski definition) is 0. The largest absolute Gasteiger partial charge is 0.294 e. The Hall–Kier alpha value is -2.22. The highest BCUT2D eigenvalue weighted by molar-refractivity contribution is 5.98. The first-order chi connectivity index (χ1) is 11.1. The molecule has 0 aliphatic heterocycles. The molecule has 0 bridgehead atoms. The van der Waals surface area contributed by atoms with Crippen LogP contribution >= 0.6 is 0 Å². The topological polar surface area (TPSA) is 34.1 Å². The van der Waals surface area contributed by atoms with Crippen molar-refractivity contribution < 1.29 is 9.59 Å². The zero-order valence-electron chi connectivity index (χ0n) is 14.0. The fraction of sp³-hybridized carbons (Fsp3) is 0.333. The van der Waals surface area contributed by atoms with E-state index in [0.29, 0.717) is 19.3 Å². The normalized spacial score (nSPS) is 10.5. The number of Topliss-reactive ketones (excluding diaryl/α,β-unsaturated/α-hetero) is 2. The Kier molecular flexibility index (Phi) is 6.28. The number of rotatable bonds is 8. The molecule has 0 aliphatic rings. The second-order valence-electron chi connectivity index (χ2n) is 5.80. The predicted octanol–water partition coefficient (Wildman–Crippen LogP) is 5.05. The third kappa shape index (κ3) is 4.88. The average Bonchev–Trinajstić information content (AvgIpc) is 2.61. The highest BCUT2D eigenvalue weighted by atomic mass is 16.1. The zero-order chi connectivity index (χ0) is 16.7. The van der Waals surface area contributed by atoms with Crippen molar-refractivity contribution in [3.63, 3.8) is 0 Å². The second kappa shape index (κ2) is 8.42. The van der Waals surface area contributed by atoms with E-state index in [1.54, 1.807) is 0 Å². The lowest BCUT2D eigenvalue weighted by atomic mass is 10.00. The van der Waals surface area contributed by atoms with Gasteiger partial charge in [-0.3, -0.25) is 9.59 Å². The maximum Gasteiger partial charge on any atom is 0.162 e. The minimum atomic E-state index is 0.113. The van der Waals surface area contributed by atoms with Gasteiger partial charge in [-0.2, -0.15) is 0 Å². The van der Waals surface area contributed by atoms with Crippen LogP contribution in [0.4, 0.5) is 0 Å². The van der Waals surface area contributed by atoms with Gasteiger partial charge in [-0.25, -0.2) is 0 Å². The predicted molar refractivity (Wildman–Crippen MR) is 94.2 cm³/mol. The number of carbonyl (C=O) groups is 2. The number of hydrogen-bond acceptors (Lipinski definition) is 2. The molecule has 23 heavy (non-hydrogen) atoms. The highest BCUT2D eigenvalue weighted by Gasteiger charge is 2.09. The van der Waals surface area contributed by atoms with Gasteiger partial charge in [0.2, 0.25) is 0 Å². The molecule has 0 heterocycles. The molecule has 120 valence electrons. The molecule has 2 nitrogen and oxygen atoms in total. The Morgan fingerprint density at radius 2 is 1.00 bits per heavy atom. The molecule has 2 rings (SSSR count). The molecule has 2 aromatic rings. The van der Waals surface area contributed by atoms with Gasteiger partial charge in [0.25, 0.3) is 0 Å². The summed E-state index contributed by atoms with van der Waals surface area (Å²) < 4.78 is 0. The van der Waals surface area contributed by atoms with Gasteiger partial charge >= 0.3 is 0 Å². The Morgan fingerprint density at radius 1 is 0.652 bits per heavy atom. The first kappa shape index (κ1) is 17.1. The van der Waals surface area contributed by atoms with Crippen molar-refractivity contribution in [1.29, 1.82) is 0 Å². The number of ketones is 2. The fourth-order valence-corrected chi connectivity index (χ4v) is 2.55. The van der Waals surface area contributed by atoms with Gasteiger partial charge in [-0.1, -0.05) is 62.4 Å². The van der Waals surface area contributed by atoms with Crippen LogP contribution in [0.1, 0.15) is 65.0 Å². The van der Waals surface area contributed by atoms with Gasteiger partial charge < -0.3 is 0 Å². The van der Waals surface area contributed by atoms with Crippen LogP contribution in [0.3, 0.4) is 0 Å². The molecule has 0 aliphatic carbocycles. The molecule has 0 atom stereocenters. The van der Waals surface area contributed by atoms with Crippen LogP contribution in [0.5, 0.6) is 0 Å². The van der Waals surface area contributed by atoms with Crippen LogP contribution in [0, 0.1) is 0 Å². The lowest BCUT2D eigenvalue weighted by Gasteiger charge is -2.04. The van der Waals surface area contributed by atoms with E-state index in [1.165, 1.54) is 11.1 Å². The molecule has 0 N–H and O–H groups in total. The van der Waals surface area contributed by atoms with E-state index in [1.807, 2.05) is 48.5 Å². The van der Waals surface area contributed by atoms with Crippen LogP contribution < -0.4 is 0 Å². The van der Waals surface area contributed by atoms with Crippen molar-refractivity contribution >= 4 is 11.6 Å². The maximum absolute atomic E-state index is 12.1. The summed E-state index contributed by atoms with van der Waals surface area (Å²) in [5, 5.41) is 0. The van der Waals surface area contributed by atoms with Crippen LogP contribution in [-0.2, 0) is 12.8 Å². The van der Waals surface area contributed by atoms with Gasteiger partial charge in [0, 0.05) is 24.0 Å². The molecule has 0 unspecified atom stereocenters. The summed E-state index contributed by atoms with van der Waals surface area (Å²) in [6.07, 6.45) is 3.39. The number of carbonyl (C=O) groups excluding carboxylic acids is 2. The summed E-state index contributed by atoms with van der Waals surface area (Å²) in [4.78, 5) is 24.3. The summed E-state index contributed by atoms with van der Waals surface area (Å²) >= 11 is 0. The minimum Gasteiger partial charge on any atom is -0.294 e. The summed E-state index contributed by atoms with van der Waals surface area (Å²) in [6.45, 7) is 4.19. The van der Waals surface area contributed by atoms with Crippen molar-refractivity contribution in [2.24, 2.45) is 0 Å². The number of aryl methyl sites for hydroxylation is 2. The quantitative estimate of drug-likeness (QED) is 0.640. The van der Waals surface area contributed by atoms with E-state index >= 15 is 0 Å². The molecule has 2 heteroatoms. The Labute approximate surface area is 138 Å². The SMILES string of the molecule is CCc1ccc(C(=O)CCCC(=O)c2ccc(CC)cc2)cc1. The van der Waals surface area contributed by atoms with E-state index in [0.717, 1.165) is 24.0 Å². The zero-order valence-corrected chi connectivity index (χ0v) is 14.0. The van der Waals surface area contributed by atoms with E-state index in [2.05, 4.69) is 13.8 Å². The molecular weight excluding hydrogens is 284 g/mol. The molecule has 0 spiro atoms. The van der Waals surface area contributed by atoms with Crippen LogP contribution in [-0.4, -0.2) is 11.6 Å².